The molecule has 0 fully saturated rings. The fourth-order valence-electron chi connectivity index (χ4n) is 1.44. The lowest BCUT2D eigenvalue weighted by atomic mass is 10.0. The summed E-state index contributed by atoms with van der Waals surface area (Å²) in [6, 6.07) is 4.74. The molecule has 0 aliphatic carbocycles. The molecule has 4 nitrogen and oxygen atoms in total. The van der Waals surface area contributed by atoms with Crippen LogP contribution in [0.3, 0.4) is 0 Å². The molecule has 0 radical (unpaired) electrons. The van der Waals surface area contributed by atoms with Crippen LogP contribution in [-0.4, -0.2) is 25.7 Å². The third kappa shape index (κ3) is 3.20. The van der Waals surface area contributed by atoms with E-state index in [9.17, 15) is 9.59 Å². The molecule has 1 aromatic rings. The highest BCUT2D eigenvalue weighted by molar-refractivity contribution is 5.96. The van der Waals surface area contributed by atoms with Crippen molar-refractivity contribution in [3.05, 3.63) is 41.5 Å². The van der Waals surface area contributed by atoms with Gasteiger partial charge in [-0.2, -0.15) is 0 Å². The van der Waals surface area contributed by atoms with Gasteiger partial charge in [-0.1, -0.05) is 12.2 Å². The first-order chi connectivity index (χ1) is 8.49. The van der Waals surface area contributed by atoms with Crippen LogP contribution in [0.4, 0.5) is 0 Å². The number of allylic oxidation sites excluding steroid dienone is 1. The zero-order valence-corrected chi connectivity index (χ0v) is 10.8. The Morgan fingerprint density at radius 1 is 1.11 bits per heavy atom. The van der Waals surface area contributed by atoms with Gasteiger partial charge in [0.2, 0.25) is 0 Å². The third-order valence-corrected chi connectivity index (χ3v) is 2.36. The number of benzene rings is 1. The quantitative estimate of drug-likeness (QED) is 0.769. The Morgan fingerprint density at radius 2 is 1.61 bits per heavy atom. The Morgan fingerprint density at radius 3 is 2.06 bits per heavy atom. The maximum Gasteiger partial charge on any atom is 0.338 e. The predicted molar refractivity (Wildman–Crippen MR) is 68.4 cm³/mol. The smallest absolute Gasteiger partial charge is 0.338 e. The fraction of sp³-hybridized carbons (Fsp3) is 0.286. The lowest BCUT2D eigenvalue weighted by Gasteiger charge is -2.08. The summed E-state index contributed by atoms with van der Waals surface area (Å²) in [6.07, 6.45) is 0. The van der Waals surface area contributed by atoms with E-state index in [1.807, 2.05) is 0 Å². The Bertz CT molecular complexity index is 489. The summed E-state index contributed by atoms with van der Waals surface area (Å²) in [5, 5.41) is 0. The van der Waals surface area contributed by atoms with Crippen LogP contribution in [-0.2, 0) is 9.47 Å². The number of carbonyl (C=O) groups excluding carboxylic acids is 2. The molecule has 0 saturated carbocycles. The molecule has 4 heteroatoms. The Kier molecular flexibility index (Phi) is 4.66. The molecule has 0 N–H and O–H groups in total. The minimum Gasteiger partial charge on any atom is -0.465 e. The molecule has 0 heterocycles. The van der Waals surface area contributed by atoms with Crippen molar-refractivity contribution in [1.29, 1.82) is 0 Å². The summed E-state index contributed by atoms with van der Waals surface area (Å²) in [7, 11) is 1.29. The van der Waals surface area contributed by atoms with Crippen LogP contribution >= 0.6 is 0 Å². The molecule has 0 unspecified atom stereocenters. The first-order valence-electron chi connectivity index (χ1n) is 5.56. The number of rotatable bonds is 4. The molecule has 0 aromatic heterocycles. The molecule has 18 heavy (non-hydrogen) atoms. The summed E-state index contributed by atoms with van der Waals surface area (Å²) in [5.74, 6) is -0.964. The van der Waals surface area contributed by atoms with Gasteiger partial charge in [0.15, 0.2) is 0 Å². The summed E-state index contributed by atoms with van der Waals surface area (Å²) < 4.78 is 9.56. The molecule has 0 spiro atoms. The van der Waals surface area contributed by atoms with E-state index in [-0.39, 0.29) is 6.61 Å². The van der Waals surface area contributed by atoms with E-state index in [1.165, 1.54) is 13.2 Å². The number of carbonyl (C=O) groups is 2. The summed E-state index contributed by atoms with van der Waals surface area (Å²) in [5.41, 5.74) is 2.09. The van der Waals surface area contributed by atoms with Crippen LogP contribution in [0.5, 0.6) is 0 Å². The number of ether oxygens (including phenoxy) is 2. The molecule has 0 bridgehead atoms. The molecule has 1 rings (SSSR count). The van der Waals surface area contributed by atoms with Gasteiger partial charge in [0.1, 0.15) is 0 Å². The average molecular weight is 248 g/mol. The van der Waals surface area contributed by atoms with E-state index in [0.29, 0.717) is 16.7 Å². The first-order valence-corrected chi connectivity index (χ1v) is 5.56. The van der Waals surface area contributed by atoms with E-state index in [4.69, 9.17) is 4.74 Å². The zero-order valence-electron chi connectivity index (χ0n) is 10.8. The van der Waals surface area contributed by atoms with Gasteiger partial charge in [-0.05, 0) is 37.6 Å². The predicted octanol–water partition coefficient (Wildman–Crippen LogP) is 2.68. The van der Waals surface area contributed by atoms with Gasteiger partial charge in [-0.3, -0.25) is 0 Å². The van der Waals surface area contributed by atoms with Crippen LogP contribution in [0.15, 0.2) is 24.8 Å². The van der Waals surface area contributed by atoms with Crippen LogP contribution in [0.2, 0.25) is 0 Å². The fourth-order valence-corrected chi connectivity index (χ4v) is 1.44. The van der Waals surface area contributed by atoms with Crippen molar-refractivity contribution in [3.63, 3.8) is 0 Å². The van der Waals surface area contributed by atoms with Crippen LogP contribution in [0.1, 0.15) is 40.1 Å². The van der Waals surface area contributed by atoms with Crippen LogP contribution in [0, 0.1) is 0 Å². The molecule has 0 saturated heterocycles. The Hall–Kier alpha value is -2.10. The molecule has 96 valence electrons. The number of hydrogen-bond acceptors (Lipinski definition) is 4. The van der Waals surface area contributed by atoms with Crippen molar-refractivity contribution < 1.29 is 19.1 Å². The zero-order chi connectivity index (χ0) is 13.7. The second-order valence-corrected chi connectivity index (χ2v) is 3.79. The van der Waals surface area contributed by atoms with Crippen molar-refractivity contribution in [2.75, 3.05) is 13.7 Å². The minimum atomic E-state index is -0.497. The molecule has 0 atom stereocenters. The lowest BCUT2D eigenvalue weighted by Crippen LogP contribution is -2.09. The Balaban J connectivity index is 3.26. The average Bonchev–Trinajstić information content (AvgIpc) is 2.37. The highest BCUT2D eigenvalue weighted by Gasteiger charge is 2.14. The van der Waals surface area contributed by atoms with Crippen molar-refractivity contribution in [3.8, 4) is 0 Å². The van der Waals surface area contributed by atoms with Gasteiger partial charge >= 0.3 is 11.9 Å². The standard InChI is InChI=1S/C14H16O4/c1-5-18-14(16)12-7-10(9(2)3)6-11(8-12)13(15)17-4/h6-8H,2,5H2,1,3-4H3. The molecular weight excluding hydrogens is 232 g/mol. The van der Waals surface area contributed by atoms with Crippen molar-refractivity contribution in [2.24, 2.45) is 0 Å². The normalized spacial score (nSPS) is 9.72. The topological polar surface area (TPSA) is 52.6 Å². The van der Waals surface area contributed by atoms with Crippen LogP contribution < -0.4 is 0 Å². The SMILES string of the molecule is C=C(C)c1cc(C(=O)OC)cc(C(=O)OCC)c1. The molecule has 0 aliphatic rings. The lowest BCUT2D eigenvalue weighted by molar-refractivity contribution is 0.0526. The van der Waals surface area contributed by atoms with Crippen molar-refractivity contribution in [2.45, 2.75) is 13.8 Å². The monoisotopic (exact) mass is 248 g/mol. The number of esters is 2. The maximum atomic E-state index is 11.7. The van der Waals surface area contributed by atoms with Crippen LogP contribution in [0.25, 0.3) is 5.57 Å². The highest BCUT2D eigenvalue weighted by Crippen LogP contribution is 2.18. The largest absolute Gasteiger partial charge is 0.465 e. The summed E-state index contributed by atoms with van der Waals surface area (Å²) in [6.45, 7) is 7.60. The highest BCUT2D eigenvalue weighted by atomic mass is 16.5. The van der Waals surface area contributed by atoms with Gasteiger partial charge < -0.3 is 9.47 Å². The third-order valence-electron chi connectivity index (χ3n) is 2.36. The summed E-state index contributed by atoms with van der Waals surface area (Å²) >= 11 is 0. The second kappa shape index (κ2) is 6.00. The van der Waals surface area contributed by atoms with E-state index in [2.05, 4.69) is 11.3 Å². The van der Waals surface area contributed by atoms with Gasteiger partial charge in [-0.15, -0.1) is 0 Å². The van der Waals surface area contributed by atoms with Gasteiger partial charge in [0.05, 0.1) is 24.8 Å². The van der Waals surface area contributed by atoms with E-state index in [0.717, 1.165) is 5.57 Å². The van der Waals surface area contributed by atoms with Crippen molar-refractivity contribution in [1.82, 2.24) is 0 Å². The molecular formula is C14H16O4. The van der Waals surface area contributed by atoms with E-state index in [1.54, 1.807) is 26.0 Å². The molecule has 1 aromatic carbocycles. The number of methoxy groups -OCH3 is 1. The van der Waals surface area contributed by atoms with Gasteiger partial charge in [-0.25, -0.2) is 9.59 Å². The van der Waals surface area contributed by atoms with Gasteiger partial charge in [0, 0.05) is 0 Å². The van der Waals surface area contributed by atoms with E-state index >= 15 is 0 Å². The maximum absolute atomic E-state index is 11.7. The molecule has 0 aliphatic heterocycles. The van der Waals surface area contributed by atoms with E-state index < -0.39 is 11.9 Å². The second-order valence-electron chi connectivity index (χ2n) is 3.79. The van der Waals surface area contributed by atoms with Crippen molar-refractivity contribution >= 4 is 17.5 Å². The molecule has 0 amide bonds. The first kappa shape index (κ1) is 14.0. The van der Waals surface area contributed by atoms with Gasteiger partial charge in [0.25, 0.3) is 0 Å². The minimum absolute atomic E-state index is 0.281. The Labute approximate surface area is 106 Å². The number of hydrogen-bond donors (Lipinski definition) is 0. The summed E-state index contributed by atoms with van der Waals surface area (Å²) in [4.78, 5) is 23.2.